The Hall–Kier alpha value is -1.61. The predicted octanol–water partition coefficient (Wildman–Crippen LogP) is 3.59. The third kappa shape index (κ3) is 6.13. The van der Waals surface area contributed by atoms with Crippen molar-refractivity contribution in [2.75, 3.05) is 13.1 Å². The van der Waals surface area contributed by atoms with Crippen molar-refractivity contribution < 1.29 is 0 Å². The van der Waals surface area contributed by atoms with E-state index in [2.05, 4.69) is 37.4 Å². The predicted molar refractivity (Wildman–Crippen MR) is 92.7 cm³/mol. The third-order valence-electron chi connectivity index (χ3n) is 3.58. The molecule has 1 aliphatic heterocycles. The summed E-state index contributed by atoms with van der Waals surface area (Å²) < 4.78 is 0. The van der Waals surface area contributed by atoms with Gasteiger partial charge in [-0.1, -0.05) is 44.5 Å². The fourth-order valence-electron chi connectivity index (χ4n) is 2.52. The molecule has 116 valence electrons. The molecule has 0 aliphatic carbocycles. The van der Waals surface area contributed by atoms with Gasteiger partial charge in [0.1, 0.15) is 0 Å². The van der Waals surface area contributed by atoms with E-state index in [-0.39, 0.29) is 0 Å². The summed E-state index contributed by atoms with van der Waals surface area (Å²) in [5, 5.41) is 10.7. The normalized spacial score (nSPS) is 16.0. The van der Waals surface area contributed by atoms with E-state index in [9.17, 15) is 0 Å². The SMILES string of the molecule is CCC.N=C/C(=C\N)c1cccc(CC2CCNCC2)c1. The van der Waals surface area contributed by atoms with Crippen LogP contribution in [0, 0.1) is 11.3 Å². The standard InChI is InChI=1S/C15H21N3.C3H8/c16-10-15(11-17)14-3-1-2-13(9-14)8-12-4-6-18-7-5-12;1-3-2/h1-3,9-12,16,18H,4-8,17H2;3H2,1-2H3/b15-11+,16-10?;. The number of allylic oxidation sites excluding steroid dienone is 1. The topological polar surface area (TPSA) is 61.9 Å². The van der Waals surface area contributed by atoms with Crippen LogP contribution in [0.4, 0.5) is 0 Å². The van der Waals surface area contributed by atoms with Gasteiger partial charge < -0.3 is 16.5 Å². The molecule has 0 aromatic heterocycles. The average molecular weight is 287 g/mol. The Morgan fingerprint density at radius 1 is 1.33 bits per heavy atom. The number of nitrogens with one attached hydrogen (secondary N) is 2. The summed E-state index contributed by atoms with van der Waals surface area (Å²) in [5.74, 6) is 0.784. The highest BCUT2D eigenvalue weighted by Crippen LogP contribution is 2.20. The largest absolute Gasteiger partial charge is 0.404 e. The van der Waals surface area contributed by atoms with Crippen LogP contribution in [0.25, 0.3) is 5.57 Å². The monoisotopic (exact) mass is 287 g/mol. The van der Waals surface area contributed by atoms with E-state index in [1.807, 2.05) is 6.07 Å². The van der Waals surface area contributed by atoms with Crippen molar-refractivity contribution in [3.63, 3.8) is 0 Å². The molecule has 3 nitrogen and oxygen atoms in total. The molecule has 2 rings (SSSR count). The molecule has 0 unspecified atom stereocenters. The highest BCUT2D eigenvalue weighted by Gasteiger charge is 2.13. The highest BCUT2D eigenvalue weighted by atomic mass is 14.9. The minimum absolute atomic E-state index is 0.780. The van der Waals surface area contributed by atoms with Gasteiger partial charge in [-0.2, -0.15) is 0 Å². The summed E-state index contributed by atoms with van der Waals surface area (Å²) in [4.78, 5) is 0. The van der Waals surface area contributed by atoms with Gasteiger partial charge in [-0.05, 0) is 49.4 Å². The third-order valence-corrected chi connectivity index (χ3v) is 3.58. The lowest BCUT2D eigenvalue weighted by molar-refractivity contribution is 0.372. The lowest BCUT2D eigenvalue weighted by atomic mass is 9.90. The Bertz CT molecular complexity index is 446. The van der Waals surface area contributed by atoms with Crippen LogP contribution in [0.15, 0.2) is 30.5 Å². The number of piperidine rings is 1. The molecule has 0 amide bonds. The van der Waals surface area contributed by atoms with Gasteiger partial charge in [-0.3, -0.25) is 0 Å². The first-order valence-corrected chi connectivity index (χ1v) is 7.97. The Morgan fingerprint density at radius 2 is 2.00 bits per heavy atom. The average Bonchev–Trinajstić information content (AvgIpc) is 2.51. The van der Waals surface area contributed by atoms with Gasteiger partial charge in [-0.15, -0.1) is 0 Å². The molecule has 1 saturated heterocycles. The quantitative estimate of drug-likeness (QED) is 0.741. The molecular weight excluding hydrogens is 258 g/mol. The molecular formula is C18H29N3. The van der Waals surface area contributed by atoms with E-state index in [1.54, 1.807) is 0 Å². The second kappa shape index (κ2) is 10.2. The van der Waals surface area contributed by atoms with Crippen LogP contribution in [0.2, 0.25) is 0 Å². The van der Waals surface area contributed by atoms with Crippen LogP contribution < -0.4 is 11.1 Å². The van der Waals surface area contributed by atoms with Crippen LogP contribution in [0.5, 0.6) is 0 Å². The minimum Gasteiger partial charge on any atom is -0.404 e. The first kappa shape index (κ1) is 17.4. The van der Waals surface area contributed by atoms with Crippen molar-refractivity contribution in [2.45, 2.75) is 39.5 Å². The van der Waals surface area contributed by atoms with E-state index in [0.29, 0.717) is 0 Å². The van der Waals surface area contributed by atoms with Crippen molar-refractivity contribution >= 4 is 11.8 Å². The maximum atomic E-state index is 7.34. The second-order valence-corrected chi connectivity index (χ2v) is 5.57. The van der Waals surface area contributed by atoms with Gasteiger partial charge in [0.05, 0.1) is 0 Å². The van der Waals surface area contributed by atoms with Crippen LogP contribution >= 0.6 is 0 Å². The maximum Gasteiger partial charge on any atom is 0.0270 e. The van der Waals surface area contributed by atoms with Crippen LogP contribution in [0.3, 0.4) is 0 Å². The molecule has 0 atom stereocenters. The summed E-state index contributed by atoms with van der Waals surface area (Å²) in [7, 11) is 0. The zero-order valence-corrected chi connectivity index (χ0v) is 13.4. The van der Waals surface area contributed by atoms with Crippen molar-refractivity contribution in [1.82, 2.24) is 5.32 Å². The summed E-state index contributed by atoms with van der Waals surface area (Å²) in [6.07, 6.45) is 7.70. The van der Waals surface area contributed by atoms with Crippen molar-refractivity contribution in [1.29, 1.82) is 5.41 Å². The first-order chi connectivity index (χ1) is 10.2. The lowest BCUT2D eigenvalue weighted by Crippen LogP contribution is -2.28. The van der Waals surface area contributed by atoms with E-state index in [0.717, 1.165) is 36.6 Å². The zero-order valence-electron chi connectivity index (χ0n) is 13.4. The molecule has 4 N–H and O–H groups in total. The summed E-state index contributed by atoms with van der Waals surface area (Å²) in [6.45, 7) is 6.53. The van der Waals surface area contributed by atoms with Gasteiger partial charge in [0, 0.05) is 18.0 Å². The number of nitrogens with two attached hydrogens (primary N) is 1. The molecule has 0 radical (unpaired) electrons. The first-order valence-electron chi connectivity index (χ1n) is 7.97. The summed E-state index contributed by atoms with van der Waals surface area (Å²) >= 11 is 0. The number of hydrogen-bond acceptors (Lipinski definition) is 3. The van der Waals surface area contributed by atoms with E-state index < -0.39 is 0 Å². The van der Waals surface area contributed by atoms with Gasteiger partial charge in [0.2, 0.25) is 0 Å². The Balaban J connectivity index is 0.000000677. The molecule has 0 saturated carbocycles. The number of hydrogen-bond donors (Lipinski definition) is 3. The molecule has 1 heterocycles. The molecule has 1 fully saturated rings. The van der Waals surface area contributed by atoms with Crippen molar-refractivity contribution in [2.24, 2.45) is 11.7 Å². The van der Waals surface area contributed by atoms with Gasteiger partial charge in [0.25, 0.3) is 0 Å². The smallest absolute Gasteiger partial charge is 0.0270 e. The molecule has 3 heteroatoms. The zero-order chi connectivity index (χ0) is 15.5. The van der Waals surface area contributed by atoms with Crippen LogP contribution in [-0.4, -0.2) is 19.3 Å². The second-order valence-electron chi connectivity index (χ2n) is 5.57. The Morgan fingerprint density at radius 3 is 2.57 bits per heavy atom. The van der Waals surface area contributed by atoms with Crippen molar-refractivity contribution in [3.8, 4) is 0 Å². The maximum absolute atomic E-state index is 7.34. The minimum atomic E-state index is 0.780. The van der Waals surface area contributed by atoms with Gasteiger partial charge in [0.15, 0.2) is 0 Å². The highest BCUT2D eigenvalue weighted by molar-refractivity contribution is 6.08. The molecule has 21 heavy (non-hydrogen) atoms. The number of benzene rings is 1. The molecule has 1 aliphatic rings. The fourth-order valence-corrected chi connectivity index (χ4v) is 2.52. The molecule has 0 spiro atoms. The van der Waals surface area contributed by atoms with Gasteiger partial charge in [-0.25, -0.2) is 0 Å². The van der Waals surface area contributed by atoms with Crippen molar-refractivity contribution in [3.05, 3.63) is 41.6 Å². The summed E-state index contributed by atoms with van der Waals surface area (Å²) in [5.41, 5.74) is 8.70. The fraction of sp³-hybridized carbons (Fsp3) is 0.500. The Kier molecular flexibility index (Phi) is 8.44. The number of rotatable bonds is 4. The Labute approximate surface area is 129 Å². The molecule has 1 aromatic carbocycles. The van der Waals surface area contributed by atoms with E-state index in [4.69, 9.17) is 11.1 Å². The van der Waals surface area contributed by atoms with E-state index in [1.165, 1.54) is 37.2 Å². The molecule has 1 aromatic rings. The summed E-state index contributed by atoms with van der Waals surface area (Å²) in [6, 6.07) is 8.39. The van der Waals surface area contributed by atoms with E-state index >= 15 is 0 Å². The van der Waals surface area contributed by atoms with Crippen LogP contribution in [0.1, 0.15) is 44.2 Å². The van der Waals surface area contributed by atoms with Gasteiger partial charge >= 0.3 is 0 Å². The van der Waals surface area contributed by atoms with Crippen LogP contribution in [-0.2, 0) is 6.42 Å². The molecule has 0 bridgehead atoms. The lowest BCUT2D eigenvalue weighted by Gasteiger charge is -2.22.